The number of epoxide rings is 1. The van der Waals surface area contributed by atoms with Gasteiger partial charge in [-0.3, -0.25) is 9.59 Å². The molecule has 0 amide bonds. The highest BCUT2D eigenvalue weighted by Crippen LogP contribution is 2.53. The van der Waals surface area contributed by atoms with Crippen molar-refractivity contribution in [2.75, 3.05) is 13.2 Å². The highest BCUT2D eigenvalue weighted by atomic mass is 16.6. The molecule has 0 aromatic rings. The average molecular weight is 365 g/mol. The Labute approximate surface area is 158 Å². The molecule has 4 nitrogen and oxygen atoms in total. The molecule has 1 aliphatic heterocycles. The minimum Gasteiger partial charge on any atom is -0.389 e. The predicted octanol–water partition coefficient (Wildman–Crippen LogP) is 4.37. The molecule has 1 N–H and O–H groups in total. The van der Waals surface area contributed by atoms with Crippen molar-refractivity contribution in [3.05, 3.63) is 0 Å². The first-order chi connectivity index (χ1) is 12.6. The molecule has 148 valence electrons. The van der Waals surface area contributed by atoms with Gasteiger partial charge in [0.2, 0.25) is 0 Å². The van der Waals surface area contributed by atoms with E-state index < -0.39 is 0 Å². The zero-order valence-electron chi connectivity index (χ0n) is 16.3. The van der Waals surface area contributed by atoms with Crippen molar-refractivity contribution in [1.29, 1.82) is 0 Å². The molecule has 3 aliphatic rings. The summed E-state index contributed by atoms with van der Waals surface area (Å²) < 4.78 is 5.16. The van der Waals surface area contributed by atoms with Crippen molar-refractivity contribution in [1.82, 2.24) is 0 Å². The van der Waals surface area contributed by atoms with Gasteiger partial charge in [-0.05, 0) is 38.5 Å². The summed E-state index contributed by atoms with van der Waals surface area (Å²) in [6, 6.07) is 0. The van der Waals surface area contributed by atoms with Crippen LogP contribution in [0.25, 0.3) is 0 Å². The van der Waals surface area contributed by atoms with Gasteiger partial charge >= 0.3 is 0 Å². The van der Waals surface area contributed by atoms with E-state index in [0.717, 1.165) is 44.9 Å². The molecule has 1 atom stereocenters. The summed E-state index contributed by atoms with van der Waals surface area (Å²) in [6.45, 7) is 0.392. The second-order valence-electron chi connectivity index (χ2n) is 9.01. The number of aliphatic hydroxyl groups excluding tert-OH is 1. The van der Waals surface area contributed by atoms with Gasteiger partial charge in [-0.2, -0.15) is 0 Å². The van der Waals surface area contributed by atoms with Crippen molar-refractivity contribution in [2.24, 2.45) is 10.8 Å². The van der Waals surface area contributed by atoms with Crippen molar-refractivity contribution >= 4 is 11.6 Å². The van der Waals surface area contributed by atoms with E-state index in [-0.39, 0.29) is 29.3 Å². The van der Waals surface area contributed by atoms with Crippen LogP contribution in [0.5, 0.6) is 0 Å². The molecule has 1 unspecified atom stereocenters. The fourth-order valence-corrected chi connectivity index (χ4v) is 4.46. The van der Waals surface area contributed by atoms with Crippen LogP contribution in [0.4, 0.5) is 0 Å². The lowest BCUT2D eigenvalue weighted by molar-refractivity contribution is -0.127. The Hall–Kier alpha value is -0.740. The van der Waals surface area contributed by atoms with Gasteiger partial charge in [0.1, 0.15) is 12.7 Å². The number of rotatable bonds is 16. The van der Waals surface area contributed by atoms with Crippen molar-refractivity contribution < 1.29 is 19.4 Å². The van der Waals surface area contributed by atoms with Crippen molar-refractivity contribution in [3.8, 4) is 0 Å². The topological polar surface area (TPSA) is 66.9 Å². The monoisotopic (exact) mass is 364 g/mol. The summed E-state index contributed by atoms with van der Waals surface area (Å²) >= 11 is 0. The fourth-order valence-electron chi connectivity index (χ4n) is 4.46. The van der Waals surface area contributed by atoms with Gasteiger partial charge in [0.05, 0.1) is 6.61 Å². The van der Waals surface area contributed by atoms with Crippen LogP contribution in [0, 0.1) is 10.8 Å². The van der Waals surface area contributed by atoms with Crippen molar-refractivity contribution in [2.45, 2.75) is 102 Å². The van der Waals surface area contributed by atoms with Crippen molar-refractivity contribution in [3.63, 3.8) is 0 Å². The predicted molar refractivity (Wildman–Crippen MR) is 101 cm³/mol. The van der Waals surface area contributed by atoms with Crippen LogP contribution in [0.3, 0.4) is 0 Å². The summed E-state index contributed by atoms with van der Waals surface area (Å²) in [4.78, 5) is 23.8. The molecule has 0 aromatic heterocycles. The molecule has 3 rings (SSSR count). The van der Waals surface area contributed by atoms with Gasteiger partial charge < -0.3 is 9.84 Å². The van der Waals surface area contributed by atoms with E-state index in [1.54, 1.807) is 0 Å². The smallest absolute Gasteiger partial charge is 0.170 e. The summed E-state index contributed by atoms with van der Waals surface area (Å²) in [5.74, 6) is 0.461. The Kier molecular flexibility index (Phi) is 6.90. The van der Waals surface area contributed by atoms with Crippen LogP contribution in [-0.4, -0.2) is 36.0 Å². The minimum absolute atomic E-state index is 0.0253. The van der Waals surface area contributed by atoms with Crippen LogP contribution < -0.4 is 0 Å². The third-order valence-electron chi connectivity index (χ3n) is 6.90. The molecule has 0 bridgehead atoms. The maximum Gasteiger partial charge on any atom is 0.170 e. The number of unbranched alkanes of at least 4 members (excludes halogenated alkanes) is 8. The molecular formula is C22H36O4. The highest BCUT2D eigenvalue weighted by molar-refractivity contribution is 5.92. The van der Waals surface area contributed by atoms with Crippen LogP contribution in [0.2, 0.25) is 0 Å². The molecule has 0 radical (unpaired) electrons. The van der Waals surface area contributed by atoms with E-state index in [1.165, 1.54) is 51.4 Å². The third kappa shape index (κ3) is 5.39. The number of ketones is 2. The maximum absolute atomic E-state index is 12.1. The van der Waals surface area contributed by atoms with Crippen LogP contribution in [0.15, 0.2) is 0 Å². The number of hydrogen-bond donors (Lipinski definition) is 1. The molecule has 3 fully saturated rings. The summed E-state index contributed by atoms with van der Waals surface area (Å²) in [7, 11) is 0. The fraction of sp³-hybridized carbons (Fsp3) is 0.909. The Balaban J connectivity index is 1.10. The molecule has 26 heavy (non-hydrogen) atoms. The normalized spacial score (nSPS) is 24.3. The quantitative estimate of drug-likeness (QED) is 0.326. The highest BCUT2D eigenvalue weighted by Gasteiger charge is 2.54. The van der Waals surface area contributed by atoms with E-state index in [0.29, 0.717) is 12.4 Å². The second-order valence-corrected chi connectivity index (χ2v) is 9.01. The zero-order valence-corrected chi connectivity index (χ0v) is 16.3. The van der Waals surface area contributed by atoms with Crippen LogP contribution in [0.1, 0.15) is 96.3 Å². The number of carbonyl (C=O) groups excluding carboxylic acids is 2. The molecule has 0 spiro atoms. The maximum atomic E-state index is 12.1. The van der Waals surface area contributed by atoms with Gasteiger partial charge in [0, 0.05) is 10.8 Å². The zero-order chi connectivity index (χ0) is 18.5. The van der Waals surface area contributed by atoms with E-state index in [4.69, 9.17) is 9.84 Å². The summed E-state index contributed by atoms with van der Waals surface area (Å²) in [5, 5.41) is 9.00. The first kappa shape index (κ1) is 20.0. The van der Waals surface area contributed by atoms with Gasteiger partial charge in [-0.15, -0.1) is 0 Å². The minimum atomic E-state index is -0.274. The lowest BCUT2D eigenvalue weighted by Gasteiger charge is -2.12. The number of hydrogen-bond acceptors (Lipinski definition) is 4. The molecule has 2 aliphatic carbocycles. The first-order valence-electron chi connectivity index (χ1n) is 10.9. The molecule has 1 saturated heterocycles. The first-order valence-corrected chi connectivity index (χ1v) is 10.9. The summed E-state index contributed by atoms with van der Waals surface area (Å²) in [6.07, 6.45) is 17.5. The van der Waals surface area contributed by atoms with E-state index in [9.17, 15) is 9.59 Å². The van der Waals surface area contributed by atoms with E-state index >= 15 is 0 Å². The number of ether oxygens (including phenoxy) is 1. The van der Waals surface area contributed by atoms with Gasteiger partial charge in [-0.1, -0.05) is 57.8 Å². The Morgan fingerprint density at radius 3 is 1.58 bits per heavy atom. The number of aliphatic hydroxyl groups is 1. The van der Waals surface area contributed by atoms with Gasteiger partial charge in [-0.25, -0.2) is 0 Å². The Morgan fingerprint density at radius 2 is 1.19 bits per heavy atom. The molecule has 0 aromatic carbocycles. The lowest BCUT2D eigenvalue weighted by Crippen LogP contribution is -2.21. The number of carbonyl (C=O) groups is 2. The van der Waals surface area contributed by atoms with Crippen LogP contribution in [-0.2, 0) is 14.3 Å². The molecule has 2 saturated carbocycles. The number of Topliss-reactive ketones (excluding diaryl/α,β-unsaturated/α-hetero) is 2. The standard InChI is InChI=1S/C22H36O4/c23-16-19(24)21(12-13-21)10-8-6-4-2-1-3-5-7-9-11-22(14-15-22)20(25)18-17-26-18/h18,23H,1-17H2. The Morgan fingerprint density at radius 1 is 0.769 bits per heavy atom. The third-order valence-corrected chi connectivity index (χ3v) is 6.90. The molecule has 1 heterocycles. The van der Waals surface area contributed by atoms with E-state index in [1.807, 2.05) is 0 Å². The Bertz CT molecular complexity index is 486. The largest absolute Gasteiger partial charge is 0.389 e. The van der Waals surface area contributed by atoms with Gasteiger partial charge in [0.25, 0.3) is 0 Å². The average Bonchev–Trinajstić information content (AvgIpc) is 3.51. The van der Waals surface area contributed by atoms with E-state index in [2.05, 4.69) is 0 Å². The second kappa shape index (κ2) is 8.97. The molecule has 4 heteroatoms. The summed E-state index contributed by atoms with van der Waals surface area (Å²) in [5.41, 5.74) is -0.0990. The molecular weight excluding hydrogens is 328 g/mol. The lowest BCUT2D eigenvalue weighted by atomic mass is 9.91. The SMILES string of the molecule is O=C(CO)C1(CCCCCCCCCCCC2(C(=O)C3CO3)CC2)CC1. The van der Waals surface area contributed by atoms with Crippen LogP contribution >= 0.6 is 0 Å². The van der Waals surface area contributed by atoms with Gasteiger partial charge in [0.15, 0.2) is 11.6 Å².